The molecule has 2 aliphatic heterocycles. The van der Waals surface area contributed by atoms with Gasteiger partial charge in [0.05, 0.1) is 12.2 Å². The third kappa shape index (κ3) is 6.31. The summed E-state index contributed by atoms with van der Waals surface area (Å²) in [5, 5.41) is 20.1. The van der Waals surface area contributed by atoms with E-state index in [0.717, 1.165) is 64.7 Å². The average molecular weight is 328 g/mol. The monoisotopic (exact) mass is 327 g/mol. The van der Waals surface area contributed by atoms with Gasteiger partial charge >= 0.3 is 0 Å². The van der Waals surface area contributed by atoms with Crippen LogP contribution in [-0.4, -0.2) is 95.5 Å². The van der Waals surface area contributed by atoms with Crippen LogP contribution < -0.4 is 0 Å². The molecular formula is C18H37N3O2. The first-order valence-electron chi connectivity index (χ1n) is 9.52. The van der Waals surface area contributed by atoms with Gasteiger partial charge in [-0.05, 0) is 45.2 Å². The number of aliphatic hydroxyl groups is 2. The quantitative estimate of drug-likeness (QED) is 0.726. The number of β-amino-alcohol motifs (C(OH)–C–C–N with tert-alkyl or cyclic N) is 2. The Kier molecular flexibility index (Phi) is 7.76. The molecule has 2 heterocycles. The van der Waals surface area contributed by atoms with Crippen molar-refractivity contribution in [1.82, 2.24) is 14.7 Å². The first-order valence-corrected chi connectivity index (χ1v) is 9.52. The van der Waals surface area contributed by atoms with Crippen LogP contribution in [0.4, 0.5) is 0 Å². The Labute approximate surface area is 142 Å². The zero-order valence-corrected chi connectivity index (χ0v) is 15.3. The summed E-state index contributed by atoms with van der Waals surface area (Å²) in [5.74, 6) is 0.843. The Morgan fingerprint density at radius 3 is 2.22 bits per heavy atom. The number of hydrogen-bond donors (Lipinski definition) is 2. The van der Waals surface area contributed by atoms with Gasteiger partial charge < -0.3 is 15.1 Å². The molecule has 0 aromatic carbocycles. The summed E-state index contributed by atoms with van der Waals surface area (Å²) < 4.78 is 0. The van der Waals surface area contributed by atoms with Crippen LogP contribution in [0, 0.1) is 5.92 Å². The van der Waals surface area contributed by atoms with Crippen molar-refractivity contribution in [3.8, 4) is 0 Å². The van der Waals surface area contributed by atoms with Gasteiger partial charge in [0, 0.05) is 45.3 Å². The lowest BCUT2D eigenvalue weighted by molar-refractivity contribution is 0.00769. The largest absolute Gasteiger partial charge is 0.392 e. The molecule has 3 atom stereocenters. The summed E-state index contributed by atoms with van der Waals surface area (Å²) >= 11 is 0. The Morgan fingerprint density at radius 2 is 1.61 bits per heavy atom. The predicted molar refractivity (Wildman–Crippen MR) is 94.6 cm³/mol. The van der Waals surface area contributed by atoms with E-state index in [1.807, 2.05) is 6.92 Å². The predicted octanol–water partition coefficient (Wildman–Crippen LogP) is 0.856. The lowest BCUT2D eigenvalue weighted by atomic mass is 9.99. The van der Waals surface area contributed by atoms with Gasteiger partial charge in [0.25, 0.3) is 0 Å². The fraction of sp³-hybridized carbons (Fsp3) is 1.00. The smallest absolute Gasteiger partial charge is 0.0793 e. The second kappa shape index (κ2) is 9.33. The van der Waals surface area contributed by atoms with Crippen LogP contribution in [0.1, 0.15) is 40.0 Å². The molecule has 2 fully saturated rings. The average Bonchev–Trinajstić information content (AvgIpc) is 2.50. The number of rotatable bonds is 7. The number of nitrogens with zero attached hydrogens (tertiary/aromatic N) is 3. The van der Waals surface area contributed by atoms with Crippen molar-refractivity contribution in [3.05, 3.63) is 0 Å². The molecule has 3 unspecified atom stereocenters. The topological polar surface area (TPSA) is 50.2 Å². The highest BCUT2D eigenvalue weighted by Gasteiger charge is 2.28. The maximum atomic E-state index is 10.5. The summed E-state index contributed by atoms with van der Waals surface area (Å²) in [4.78, 5) is 7.23. The number of aliphatic hydroxyl groups excluding tert-OH is 2. The van der Waals surface area contributed by atoms with Gasteiger partial charge in [-0.25, -0.2) is 0 Å². The van der Waals surface area contributed by atoms with Crippen LogP contribution in [-0.2, 0) is 0 Å². The van der Waals surface area contributed by atoms with Crippen molar-refractivity contribution in [2.24, 2.45) is 5.92 Å². The van der Waals surface area contributed by atoms with Crippen LogP contribution in [0.25, 0.3) is 0 Å². The molecule has 2 saturated heterocycles. The molecule has 0 aliphatic carbocycles. The number of piperazine rings is 1. The van der Waals surface area contributed by atoms with Crippen LogP contribution in [0.5, 0.6) is 0 Å². The van der Waals surface area contributed by atoms with Crippen molar-refractivity contribution in [1.29, 1.82) is 0 Å². The van der Waals surface area contributed by atoms with Gasteiger partial charge in [-0.15, -0.1) is 0 Å². The minimum Gasteiger partial charge on any atom is -0.392 e. The molecule has 0 saturated carbocycles. The third-order valence-electron chi connectivity index (χ3n) is 5.47. The van der Waals surface area contributed by atoms with Crippen LogP contribution in [0.2, 0.25) is 0 Å². The van der Waals surface area contributed by atoms with Crippen molar-refractivity contribution >= 4 is 0 Å². The number of likely N-dealkylation sites (tertiary alicyclic amines) is 1. The molecule has 0 bridgehead atoms. The van der Waals surface area contributed by atoms with E-state index in [2.05, 4.69) is 28.5 Å². The molecule has 0 amide bonds. The highest BCUT2D eigenvalue weighted by molar-refractivity contribution is 4.84. The van der Waals surface area contributed by atoms with Gasteiger partial charge in [-0.3, -0.25) is 9.80 Å². The summed E-state index contributed by atoms with van der Waals surface area (Å²) in [5.41, 5.74) is 0. The Morgan fingerprint density at radius 1 is 0.957 bits per heavy atom. The van der Waals surface area contributed by atoms with Gasteiger partial charge in [0.2, 0.25) is 0 Å². The summed E-state index contributed by atoms with van der Waals surface area (Å²) in [6, 6.07) is 0.501. The van der Waals surface area contributed by atoms with Crippen molar-refractivity contribution in [2.45, 2.75) is 58.3 Å². The highest BCUT2D eigenvalue weighted by Crippen LogP contribution is 2.17. The fourth-order valence-corrected chi connectivity index (χ4v) is 3.99. The van der Waals surface area contributed by atoms with Crippen LogP contribution in [0.3, 0.4) is 0 Å². The summed E-state index contributed by atoms with van der Waals surface area (Å²) in [6.07, 6.45) is 3.13. The van der Waals surface area contributed by atoms with Crippen molar-refractivity contribution in [3.63, 3.8) is 0 Å². The number of piperidine rings is 1. The van der Waals surface area contributed by atoms with Crippen LogP contribution in [0.15, 0.2) is 0 Å². The lowest BCUT2D eigenvalue weighted by Gasteiger charge is -2.42. The first kappa shape index (κ1) is 19.1. The molecule has 2 rings (SSSR count). The molecule has 2 aliphatic rings. The van der Waals surface area contributed by atoms with E-state index in [-0.39, 0.29) is 12.2 Å². The van der Waals surface area contributed by atoms with E-state index in [9.17, 15) is 10.2 Å². The molecule has 5 nitrogen and oxygen atoms in total. The minimum absolute atomic E-state index is 0.246. The molecule has 2 N–H and O–H groups in total. The molecule has 0 spiro atoms. The van der Waals surface area contributed by atoms with E-state index < -0.39 is 0 Å². The molecule has 0 aromatic rings. The van der Waals surface area contributed by atoms with Crippen molar-refractivity contribution in [2.75, 3.05) is 52.4 Å². The third-order valence-corrected chi connectivity index (χ3v) is 5.47. The van der Waals surface area contributed by atoms with E-state index in [1.165, 1.54) is 12.8 Å². The molecule has 0 aromatic heterocycles. The Balaban J connectivity index is 1.73. The molecular weight excluding hydrogens is 290 g/mol. The van der Waals surface area contributed by atoms with Crippen LogP contribution >= 0.6 is 0 Å². The first-order chi connectivity index (χ1) is 11.0. The second-order valence-electron chi connectivity index (χ2n) is 7.80. The Hall–Kier alpha value is -0.200. The maximum absolute atomic E-state index is 10.5. The maximum Gasteiger partial charge on any atom is 0.0793 e. The normalized spacial score (nSPS) is 28.8. The number of hydrogen-bond acceptors (Lipinski definition) is 5. The standard InChI is InChI=1S/C18H37N3O2/c1-4-17-12-20(9-10-21(17)11-16(3)22)14-18(23)13-19-7-5-15(2)6-8-19/h15-18,22-23H,4-14H2,1-3H3. The summed E-state index contributed by atoms with van der Waals surface area (Å²) in [7, 11) is 0. The molecule has 0 radical (unpaired) electrons. The zero-order chi connectivity index (χ0) is 16.8. The molecule has 5 heteroatoms. The van der Waals surface area contributed by atoms with E-state index in [0.29, 0.717) is 6.04 Å². The van der Waals surface area contributed by atoms with Gasteiger partial charge in [-0.2, -0.15) is 0 Å². The zero-order valence-electron chi connectivity index (χ0n) is 15.3. The van der Waals surface area contributed by atoms with Gasteiger partial charge in [-0.1, -0.05) is 13.8 Å². The fourth-order valence-electron chi connectivity index (χ4n) is 3.99. The SMILES string of the molecule is CCC1CN(CC(O)CN2CCC(C)CC2)CCN1CC(C)O. The van der Waals surface area contributed by atoms with Gasteiger partial charge in [0.15, 0.2) is 0 Å². The molecule has 23 heavy (non-hydrogen) atoms. The molecule has 136 valence electrons. The minimum atomic E-state index is -0.261. The Bertz CT molecular complexity index is 332. The lowest BCUT2D eigenvalue weighted by Crippen LogP contribution is -2.56. The van der Waals surface area contributed by atoms with E-state index in [4.69, 9.17) is 0 Å². The van der Waals surface area contributed by atoms with Crippen molar-refractivity contribution < 1.29 is 10.2 Å². The van der Waals surface area contributed by atoms with Gasteiger partial charge in [0.1, 0.15) is 0 Å². The summed E-state index contributed by atoms with van der Waals surface area (Å²) in [6.45, 7) is 14.0. The highest BCUT2D eigenvalue weighted by atomic mass is 16.3. The van der Waals surface area contributed by atoms with E-state index in [1.54, 1.807) is 0 Å². The van der Waals surface area contributed by atoms with E-state index >= 15 is 0 Å². The second-order valence-corrected chi connectivity index (χ2v) is 7.80.